The Bertz CT molecular complexity index is 768. The summed E-state index contributed by atoms with van der Waals surface area (Å²) in [6.45, 7) is 6.31. The van der Waals surface area contributed by atoms with E-state index in [9.17, 15) is 19.5 Å². The number of esters is 2. The normalized spacial score (nSPS) is 51.4. The van der Waals surface area contributed by atoms with Crippen molar-refractivity contribution in [3.8, 4) is 0 Å². The van der Waals surface area contributed by atoms with E-state index in [1.165, 1.54) is 0 Å². The molecule has 1 spiro atoms. The smallest absolute Gasteiger partial charge is 0.309 e. The van der Waals surface area contributed by atoms with Crippen LogP contribution in [0.4, 0.5) is 0 Å². The van der Waals surface area contributed by atoms with Gasteiger partial charge in [0.25, 0.3) is 0 Å². The predicted octanol–water partition coefficient (Wildman–Crippen LogP) is 1.66. The van der Waals surface area contributed by atoms with Crippen molar-refractivity contribution in [3.63, 3.8) is 0 Å². The van der Waals surface area contributed by atoms with E-state index in [4.69, 9.17) is 9.47 Å². The van der Waals surface area contributed by atoms with E-state index in [-0.39, 0.29) is 41.6 Å². The maximum atomic E-state index is 14.0. The molecule has 0 aromatic carbocycles. The Hall–Kier alpha value is -1.63. The number of fused-ring (bicyclic) bond motifs is 3. The van der Waals surface area contributed by atoms with Crippen LogP contribution in [-0.2, 0) is 23.9 Å². The highest BCUT2D eigenvalue weighted by atomic mass is 16.6. The molecule has 5 rings (SSSR count). The van der Waals surface area contributed by atoms with Crippen molar-refractivity contribution in [2.75, 3.05) is 6.54 Å². The molecule has 0 aromatic rings. The summed E-state index contributed by atoms with van der Waals surface area (Å²) >= 11 is 0. The zero-order valence-corrected chi connectivity index (χ0v) is 17.4. The first kappa shape index (κ1) is 19.3. The number of amides is 1. The fourth-order valence-electron chi connectivity index (χ4n) is 7.53. The first-order valence-electron chi connectivity index (χ1n) is 11.2. The van der Waals surface area contributed by atoms with Gasteiger partial charge < -0.3 is 19.5 Å². The minimum atomic E-state index is -1.31. The molecule has 9 atom stereocenters. The van der Waals surface area contributed by atoms with Crippen molar-refractivity contribution in [1.82, 2.24) is 4.90 Å². The quantitative estimate of drug-likeness (QED) is 0.703. The Balaban J connectivity index is 1.63. The highest BCUT2D eigenvalue weighted by Gasteiger charge is 2.78. The van der Waals surface area contributed by atoms with E-state index < -0.39 is 29.1 Å². The molecule has 4 aliphatic heterocycles. The third-order valence-corrected chi connectivity index (χ3v) is 8.78. The van der Waals surface area contributed by atoms with E-state index in [0.717, 1.165) is 12.8 Å². The van der Waals surface area contributed by atoms with E-state index >= 15 is 0 Å². The van der Waals surface area contributed by atoms with Gasteiger partial charge in [0.2, 0.25) is 5.91 Å². The van der Waals surface area contributed by atoms with Crippen molar-refractivity contribution < 1.29 is 29.0 Å². The second kappa shape index (κ2) is 6.19. The van der Waals surface area contributed by atoms with Gasteiger partial charge in [0.15, 0.2) is 0 Å². The van der Waals surface area contributed by atoms with Crippen molar-refractivity contribution >= 4 is 17.8 Å². The first-order chi connectivity index (χ1) is 13.8. The Morgan fingerprint density at radius 2 is 1.90 bits per heavy atom. The number of hydrogen-bond donors (Lipinski definition) is 1. The van der Waals surface area contributed by atoms with Crippen LogP contribution in [0.25, 0.3) is 0 Å². The molecule has 4 saturated heterocycles. The van der Waals surface area contributed by atoms with Crippen LogP contribution < -0.4 is 0 Å². The van der Waals surface area contributed by atoms with Crippen molar-refractivity contribution in [2.24, 2.45) is 29.1 Å². The van der Waals surface area contributed by atoms with Gasteiger partial charge in [-0.3, -0.25) is 14.4 Å². The molecular weight excluding hydrogens is 374 g/mol. The standard InChI is InChI=1S/C22H31NO6/c1-4-13-17-16(12(3)19(25)29-17)22(27)10-14(15-9-11(2)18(24)28-15)23-8-6-5-7-21(13,22)20(23)26/h11-17,27H,4-10H2,1-3H3/t11-,12-,13+,14-,15-,16-,17-,21+,22+/m0/s1. The van der Waals surface area contributed by atoms with Gasteiger partial charge in [0, 0.05) is 24.8 Å². The molecule has 0 unspecified atom stereocenters. The van der Waals surface area contributed by atoms with Crippen LogP contribution in [0.3, 0.4) is 0 Å². The lowest BCUT2D eigenvalue weighted by atomic mass is 9.58. The molecule has 0 aromatic heterocycles. The van der Waals surface area contributed by atoms with Crippen LogP contribution >= 0.6 is 0 Å². The summed E-state index contributed by atoms with van der Waals surface area (Å²) in [6, 6.07) is -0.341. The summed E-state index contributed by atoms with van der Waals surface area (Å²) in [5.41, 5.74) is -2.22. The van der Waals surface area contributed by atoms with Gasteiger partial charge in [-0.05, 0) is 25.7 Å². The van der Waals surface area contributed by atoms with Crippen LogP contribution in [0.5, 0.6) is 0 Å². The number of aliphatic hydroxyl groups is 1. The number of hydrogen-bond acceptors (Lipinski definition) is 6. The minimum Gasteiger partial charge on any atom is -0.461 e. The van der Waals surface area contributed by atoms with Gasteiger partial charge in [-0.2, -0.15) is 0 Å². The van der Waals surface area contributed by atoms with Crippen molar-refractivity contribution in [3.05, 3.63) is 0 Å². The van der Waals surface area contributed by atoms with Crippen molar-refractivity contribution in [2.45, 2.75) is 83.1 Å². The predicted molar refractivity (Wildman–Crippen MR) is 101 cm³/mol. The molecule has 4 heterocycles. The summed E-state index contributed by atoms with van der Waals surface area (Å²) in [7, 11) is 0. The summed E-state index contributed by atoms with van der Waals surface area (Å²) in [5.74, 6) is -1.72. The second-order valence-corrected chi connectivity index (χ2v) is 9.97. The molecule has 1 N–H and O–H groups in total. The molecule has 1 amide bonds. The van der Waals surface area contributed by atoms with Crippen LogP contribution in [0.2, 0.25) is 0 Å². The average molecular weight is 405 g/mol. The largest absolute Gasteiger partial charge is 0.461 e. The molecule has 5 aliphatic rings. The topological polar surface area (TPSA) is 93.1 Å². The number of rotatable bonds is 2. The first-order valence-corrected chi connectivity index (χ1v) is 11.2. The molecule has 1 aliphatic carbocycles. The lowest BCUT2D eigenvalue weighted by molar-refractivity contribution is -0.200. The second-order valence-electron chi connectivity index (χ2n) is 9.97. The fraction of sp³-hybridized carbons (Fsp3) is 0.864. The van der Waals surface area contributed by atoms with Gasteiger partial charge in [-0.25, -0.2) is 0 Å². The van der Waals surface area contributed by atoms with Gasteiger partial charge in [0.1, 0.15) is 12.2 Å². The number of cyclic esters (lactones) is 1. The lowest BCUT2D eigenvalue weighted by Crippen LogP contribution is -2.69. The molecule has 7 nitrogen and oxygen atoms in total. The van der Waals surface area contributed by atoms with Crippen LogP contribution in [0.1, 0.15) is 59.3 Å². The number of carbonyl (C=O) groups is 3. The third-order valence-electron chi connectivity index (χ3n) is 8.78. The van der Waals surface area contributed by atoms with Crippen molar-refractivity contribution in [1.29, 1.82) is 0 Å². The minimum absolute atomic E-state index is 0.0196. The van der Waals surface area contributed by atoms with Gasteiger partial charge >= 0.3 is 11.9 Å². The number of piperidine rings is 1. The Kier molecular flexibility index (Phi) is 4.13. The average Bonchev–Trinajstić information content (AvgIpc) is 3.19. The summed E-state index contributed by atoms with van der Waals surface area (Å²) in [5, 5.41) is 12.3. The fourth-order valence-corrected chi connectivity index (χ4v) is 7.53. The number of nitrogens with zero attached hydrogens (tertiary/aromatic N) is 1. The van der Waals surface area contributed by atoms with Gasteiger partial charge in [-0.1, -0.05) is 27.2 Å². The maximum Gasteiger partial charge on any atom is 0.309 e. The molecule has 5 fully saturated rings. The van der Waals surface area contributed by atoms with E-state index in [1.807, 2.05) is 25.7 Å². The van der Waals surface area contributed by atoms with Gasteiger partial charge in [0.05, 0.1) is 28.9 Å². The molecule has 29 heavy (non-hydrogen) atoms. The molecule has 0 radical (unpaired) electrons. The Labute approximate surface area is 171 Å². The zero-order chi connectivity index (χ0) is 20.7. The number of carbonyl (C=O) groups excluding carboxylic acids is 3. The number of ether oxygens (including phenoxy) is 2. The summed E-state index contributed by atoms with van der Waals surface area (Å²) < 4.78 is 11.4. The summed E-state index contributed by atoms with van der Waals surface area (Å²) in [6.07, 6.45) is 3.14. The monoisotopic (exact) mass is 405 g/mol. The van der Waals surface area contributed by atoms with Crippen LogP contribution in [0, 0.1) is 29.1 Å². The maximum absolute atomic E-state index is 14.0. The van der Waals surface area contributed by atoms with E-state index in [1.54, 1.807) is 0 Å². The Morgan fingerprint density at radius 3 is 2.55 bits per heavy atom. The molecular formula is C22H31NO6. The third kappa shape index (κ3) is 2.20. The summed E-state index contributed by atoms with van der Waals surface area (Å²) in [4.78, 5) is 40.4. The van der Waals surface area contributed by atoms with Gasteiger partial charge in [-0.15, -0.1) is 0 Å². The molecule has 2 bridgehead atoms. The van der Waals surface area contributed by atoms with Crippen LogP contribution in [0.15, 0.2) is 0 Å². The SMILES string of the molecule is CC[C@@H]1[C@@H]2OC(=O)[C@@H](C)[C@@H]2[C@]2(O)C[C@@H]([C@@H]3C[C@H](C)C(=O)O3)N3CCCC[C@]12C3=O. The molecule has 7 heteroatoms. The zero-order valence-electron chi connectivity index (χ0n) is 17.4. The molecule has 160 valence electrons. The molecule has 1 saturated carbocycles. The van der Waals surface area contributed by atoms with E-state index in [2.05, 4.69) is 0 Å². The lowest BCUT2D eigenvalue weighted by Gasteiger charge is -2.55. The van der Waals surface area contributed by atoms with E-state index in [0.29, 0.717) is 32.2 Å². The Morgan fingerprint density at radius 1 is 1.14 bits per heavy atom. The highest BCUT2D eigenvalue weighted by Crippen LogP contribution is 2.67. The highest BCUT2D eigenvalue weighted by molar-refractivity contribution is 5.89. The van der Waals surface area contributed by atoms with Crippen LogP contribution in [-0.4, -0.2) is 58.2 Å².